The summed E-state index contributed by atoms with van der Waals surface area (Å²) < 4.78 is 0. The molecule has 5 heteroatoms. The molecule has 0 aliphatic carbocycles. The van der Waals surface area contributed by atoms with E-state index in [-0.39, 0.29) is 6.42 Å². The maximum atomic E-state index is 10.7. The first-order valence-electron chi connectivity index (χ1n) is 4.45. The zero-order chi connectivity index (χ0) is 11.3. The lowest BCUT2D eigenvalue weighted by Gasteiger charge is -2.01. The molecule has 80 valence electrons. The number of hydrogen-bond donors (Lipinski definition) is 3. The van der Waals surface area contributed by atoms with Crippen LogP contribution in [0.3, 0.4) is 0 Å². The molecule has 4 N–H and O–H groups in total. The minimum Gasteiger partial charge on any atom is -0.366 e. The summed E-state index contributed by atoms with van der Waals surface area (Å²) in [4.78, 5) is 21.5. The SMILES string of the molecule is NC(=O)c1ccc(CCC(=O)NO)cc1. The van der Waals surface area contributed by atoms with Gasteiger partial charge in [0.2, 0.25) is 11.8 Å². The maximum absolute atomic E-state index is 10.7. The van der Waals surface area contributed by atoms with Gasteiger partial charge in [-0.05, 0) is 24.1 Å². The molecule has 5 nitrogen and oxygen atoms in total. The van der Waals surface area contributed by atoms with Crippen LogP contribution in [0.2, 0.25) is 0 Å². The van der Waals surface area contributed by atoms with Crippen LogP contribution >= 0.6 is 0 Å². The third kappa shape index (κ3) is 3.40. The van der Waals surface area contributed by atoms with E-state index >= 15 is 0 Å². The van der Waals surface area contributed by atoms with Crippen molar-refractivity contribution in [3.63, 3.8) is 0 Å². The van der Waals surface area contributed by atoms with Crippen molar-refractivity contribution in [2.75, 3.05) is 0 Å². The molecular formula is C10H12N2O3. The van der Waals surface area contributed by atoms with Crippen molar-refractivity contribution >= 4 is 11.8 Å². The zero-order valence-electron chi connectivity index (χ0n) is 8.06. The van der Waals surface area contributed by atoms with Gasteiger partial charge in [-0.1, -0.05) is 12.1 Å². The summed E-state index contributed by atoms with van der Waals surface area (Å²) in [5.74, 6) is -0.913. The highest BCUT2D eigenvalue weighted by molar-refractivity contribution is 5.92. The van der Waals surface area contributed by atoms with Crippen LogP contribution < -0.4 is 11.2 Å². The maximum Gasteiger partial charge on any atom is 0.248 e. The molecule has 0 atom stereocenters. The first kappa shape index (κ1) is 11.2. The van der Waals surface area contributed by atoms with Crippen LogP contribution in [0.1, 0.15) is 22.3 Å². The van der Waals surface area contributed by atoms with Gasteiger partial charge in [0, 0.05) is 12.0 Å². The number of rotatable bonds is 4. The van der Waals surface area contributed by atoms with Crippen LogP contribution in [-0.4, -0.2) is 17.0 Å². The summed E-state index contributed by atoms with van der Waals surface area (Å²) in [5.41, 5.74) is 7.96. The van der Waals surface area contributed by atoms with Crippen molar-refractivity contribution in [2.45, 2.75) is 12.8 Å². The molecule has 0 aromatic heterocycles. The molecule has 0 saturated heterocycles. The summed E-state index contributed by atoms with van der Waals surface area (Å²) in [6.45, 7) is 0. The third-order valence-corrected chi connectivity index (χ3v) is 2.00. The van der Waals surface area contributed by atoms with Crippen molar-refractivity contribution in [3.05, 3.63) is 35.4 Å². The van der Waals surface area contributed by atoms with Crippen LogP contribution in [0, 0.1) is 0 Å². The molecule has 1 aromatic carbocycles. The van der Waals surface area contributed by atoms with Crippen LogP contribution in [0.25, 0.3) is 0 Å². The summed E-state index contributed by atoms with van der Waals surface area (Å²) in [7, 11) is 0. The lowest BCUT2D eigenvalue weighted by atomic mass is 10.1. The van der Waals surface area contributed by atoms with Gasteiger partial charge < -0.3 is 5.73 Å². The fourth-order valence-corrected chi connectivity index (χ4v) is 1.15. The van der Waals surface area contributed by atoms with Gasteiger partial charge in [0.25, 0.3) is 0 Å². The number of aryl methyl sites for hydroxylation is 1. The Labute approximate surface area is 86.9 Å². The van der Waals surface area contributed by atoms with E-state index in [9.17, 15) is 9.59 Å². The second-order valence-electron chi connectivity index (χ2n) is 3.10. The first-order chi connectivity index (χ1) is 7.13. The van der Waals surface area contributed by atoms with E-state index in [1.165, 1.54) is 0 Å². The number of primary amides is 1. The molecule has 0 radical (unpaired) electrons. The Morgan fingerprint density at radius 1 is 1.27 bits per heavy atom. The predicted molar refractivity (Wildman–Crippen MR) is 53.2 cm³/mol. The van der Waals surface area contributed by atoms with E-state index in [0.717, 1.165) is 5.56 Å². The molecule has 1 aromatic rings. The Kier molecular flexibility index (Phi) is 3.82. The summed E-state index contributed by atoms with van der Waals surface area (Å²) in [6, 6.07) is 6.67. The number of hydrogen-bond acceptors (Lipinski definition) is 3. The van der Waals surface area contributed by atoms with Crippen LogP contribution in [-0.2, 0) is 11.2 Å². The Bertz CT molecular complexity index is 359. The molecule has 0 aliphatic heterocycles. The molecule has 15 heavy (non-hydrogen) atoms. The monoisotopic (exact) mass is 208 g/mol. The lowest BCUT2D eigenvalue weighted by molar-refractivity contribution is -0.129. The van der Waals surface area contributed by atoms with E-state index < -0.39 is 11.8 Å². The number of carbonyl (C=O) groups is 2. The Balaban J connectivity index is 2.57. The van der Waals surface area contributed by atoms with Gasteiger partial charge >= 0.3 is 0 Å². The highest BCUT2D eigenvalue weighted by Gasteiger charge is 2.02. The second kappa shape index (κ2) is 5.11. The van der Waals surface area contributed by atoms with E-state index in [2.05, 4.69) is 0 Å². The van der Waals surface area contributed by atoms with Gasteiger partial charge in [-0.3, -0.25) is 14.8 Å². The number of nitrogens with two attached hydrogens (primary N) is 1. The quantitative estimate of drug-likeness (QED) is 0.488. The molecule has 0 heterocycles. The van der Waals surface area contributed by atoms with Crippen molar-refractivity contribution in [2.24, 2.45) is 5.73 Å². The molecule has 0 fully saturated rings. The first-order valence-corrected chi connectivity index (χ1v) is 4.45. The van der Waals surface area contributed by atoms with Crippen LogP contribution in [0.4, 0.5) is 0 Å². The molecule has 0 unspecified atom stereocenters. The average molecular weight is 208 g/mol. The summed E-state index contributed by atoms with van der Waals surface area (Å²) in [5, 5.41) is 8.27. The highest BCUT2D eigenvalue weighted by Crippen LogP contribution is 2.06. The molecule has 2 amide bonds. The largest absolute Gasteiger partial charge is 0.366 e. The minimum absolute atomic E-state index is 0.201. The van der Waals surface area contributed by atoms with Gasteiger partial charge in [0.1, 0.15) is 0 Å². The van der Waals surface area contributed by atoms with Crippen LogP contribution in [0.15, 0.2) is 24.3 Å². The molecule has 0 saturated carbocycles. The van der Waals surface area contributed by atoms with Gasteiger partial charge in [0.15, 0.2) is 0 Å². The average Bonchev–Trinajstić information content (AvgIpc) is 2.26. The molecule has 0 aliphatic rings. The number of benzene rings is 1. The number of carbonyl (C=O) groups excluding carboxylic acids is 2. The topological polar surface area (TPSA) is 92.4 Å². The fraction of sp³-hybridized carbons (Fsp3) is 0.200. The standard InChI is InChI=1S/C10H12N2O3/c11-10(14)8-4-1-7(2-5-8)3-6-9(13)12-15/h1-2,4-5,15H,3,6H2,(H2,11,14)(H,12,13). The zero-order valence-corrected chi connectivity index (χ0v) is 8.06. The van der Waals surface area contributed by atoms with Gasteiger partial charge in [-0.2, -0.15) is 0 Å². The smallest absolute Gasteiger partial charge is 0.248 e. The third-order valence-electron chi connectivity index (χ3n) is 2.00. The molecule has 0 spiro atoms. The van der Waals surface area contributed by atoms with Crippen LogP contribution in [0.5, 0.6) is 0 Å². The summed E-state index contributed by atoms with van der Waals surface area (Å²) in [6.07, 6.45) is 0.706. The molecular weight excluding hydrogens is 196 g/mol. The van der Waals surface area contributed by atoms with Crippen molar-refractivity contribution in [3.8, 4) is 0 Å². The minimum atomic E-state index is -0.477. The van der Waals surface area contributed by atoms with Crippen molar-refractivity contribution < 1.29 is 14.8 Å². The Hall–Kier alpha value is -1.88. The Morgan fingerprint density at radius 3 is 2.33 bits per heavy atom. The van der Waals surface area contributed by atoms with Crippen molar-refractivity contribution in [1.82, 2.24) is 5.48 Å². The van der Waals surface area contributed by atoms with Gasteiger partial charge in [0.05, 0.1) is 0 Å². The Morgan fingerprint density at radius 2 is 1.87 bits per heavy atom. The normalized spacial score (nSPS) is 9.67. The number of hydroxylamine groups is 1. The molecule has 1 rings (SSSR count). The molecule has 0 bridgehead atoms. The van der Waals surface area contributed by atoms with E-state index in [1.54, 1.807) is 29.7 Å². The van der Waals surface area contributed by atoms with Gasteiger partial charge in [-0.25, -0.2) is 5.48 Å². The summed E-state index contributed by atoms with van der Waals surface area (Å²) >= 11 is 0. The van der Waals surface area contributed by atoms with Crippen molar-refractivity contribution in [1.29, 1.82) is 0 Å². The predicted octanol–water partition coefficient (Wildman–Crippen LogP) is 0.223. The van der Waals surface area contributed by atoms with E-state index in [4.69, 9.17) is 10.9 Å². The number of nitrogens with one attached hydrogen (secondary N) is 1. The highest BCUT2D eigenvalue weighted by atomic mass is 16.5. The fourth-order valence-electron chi connectivity index (χ4n) is 1.15. The number of amides is 2. The van der Waals surface area contributed by atoms with E-state index in [1.807, 2.05) is 0 Å². The second-order valence-corrected chi connectivity index (χ2v) is 3.10. The van der Waals surface area contributed by atoms with E-state index in [0.29, 0.717) is 12.0 Å². The van der Waals surface area contributed by atoms with Gasteiger partial charge in [-0.15, -0.1) is 0 Å². The lowest BCUT2D eigenvalue weighted by Crippen LogP contribution is -2.18.